The van der Waals surface area contributed by atoms with E-state index in [1.54, 1.807) is 0 Å². The molecule has 4 fully saturated rings. The van der Waals surface area contributed by atoms with E-state index in [4.69, 9.17) is 5.73 Å². The van der Waals surface area contributed by atoms with Crippen molar-refractivity contribution in [1.29, 1.82) is 0 Å². The van der Waals surface area contributed by atoms with Gasteiger partial charge in [0, 0.05) is 6.54 Å². The van der Waals surface area contributed by atoms with Crippen LogP contribution in [0.5, 0.6) is 0 Å². The molecular formula is C14H24N2O. The molecule has 4 bridgehead atoms. The monoisotopic (exact) mass is 236 g/mol. The average molecular weight is 236 g/mol. The number of nitrogens with one attached hydrogen (secondary N) is 1. The summed E-state index contributed by atoms with van der Waals surface area (Å²) in [5, 5.41) is 2.93. The van der Waals surface area contributed by atoms with Crippen molar-refractivity contribution in [2.75, 3.05) is 13.1 Å². The van der Waals surface area contributed by atoms with Crippen molar-refractivity contribution in [3.8, 4) is 0 Å². The van der Waals surface area contributed by atoms with E-state index >= 15 is 0 Å². The van der Waals surface area contributed by atoms with Crippen LogP contribution in [-0.4, -0.2) is 19.0 Å². The SMILES string of the molecule is NCC(=O)NCCC1C2CC3CC(C2)CC1C3. The summed E-state index contributed by atoms with van der Waals surface area (Å²) < 4.78 is 0. The minimum atomic E-state index is -0.00573. The van der Waals surface area contributed by atoms with E-state index in [1.807, 2.05) is 0 Å². The van der Waals surface area contributed by atoms with Crippen molar-refractivity contribution >= 4 is 5.91 Å². The molecule has 1 amide bonds. The van der Waals surface area contributed by atoms with Crippen LogP contribution in [-0.2, 0) is 4.79 Å². The first kappa shape index (κ1) is 11.5. The molecule has 3 heteroatoms. The van der Waals surface area contributed by atoms with Gasteiger partial charge in [0.15, 0.2) is 0 Å². The summed E-state index contributed by atoms with van der Waals surface area (Å²) in [4.78, 5) is 11.1. The maximum atomic E-state index is 11.1. The first-order valence-electron chi connectivity index (χ1n) is 7.23. The van der Waals surface area contributed by atoms with Gasteiger partial charge in [0.25, 0.3) is 0 Å². The largest absolute Gasteiger partial charge is 0.355 e. The fourth-order valence-electron chi connectivity index (χ4n) is 4.96. The zero-order valence-electron chi connectivity index (χ0n) is 10.5. The molecule has 0 heterocycles. The lowest BCUT2D eigenvalue weighted by atomic mass is 9.51. The fraction of sp³-hybridized carbons (Fsp3) is 0.929. The molecular weight excluding hydrogens is 212 g/mol. The number of nitrogens with two attached hydrogens (primary N) is 1. The van der Waals surface area contributed by atoms with Crippen LogP contribution in [0.15, 0.2) is 0 Å². The van der Waals surface area contributed by atoms with E-state index in [2.05, 4.69) is 5.32 Å². The lowest BCUT2D eigenvalue weighted by molar-refractivity contribution is -0.120. The number of carbonyl (C=O) groups excluding carboxylic acids is 1. The third kappa shape index (κ3) is 2.22. The first-order valence-corrected chi connectivity index (χ1v) is 7.23. The molecule has 96 valence electrons. The van der Waals surface area contributed by atoms with E-state index in [0.717, 1.165) is 36.1 Å². The number of rotatable bonds is 4. The first-order chi connectivity index (χ1) is 8.26. The molecule has 3 N–H and O–H groups in total. The van der Waals surface area contributed by atoms with E-state index in [0.29, 0.717) is 0 Å². The van der Waals surface area contributed by atoms with Gasteiger partial charge in [-0.15, -0.1) is 0 Å². The molecule has 0 unspecified atom stereocenters. The number of hydrogen-bond donors (Lipinski definition) is 2. The predicted octanol–water partition coefficient (Wildman–Crippen LogP) is 1.52. The summed E-state index contributed by atoms with van der Waals surface area (Å²) in [6.45, 7) is 0.963. The zero-order chi connectivity index (χ0) is 11.8. The minimum absolute atomic E-state index is 0.00573. The normalized spacial score (nSPS) is 42.8. The molecule has 0 aliphatic heterocycles. The number of amides is 1. The lowest BCUT2D eigenvalue weighted by Crippen LogP contribution is -2.46. The number of carbonyl (C=O) groups is 1. The molecule has 0 spiro atoms. The van der Waals surface area contributed by atoms with Gasteiger partial charge in [-0.3, -0.25) is 4.79 Å². The van der Waals surface area contributed by atoms with Gasteiger partial charge >= 0.3 is 0 Å². The third-order valence-electron chi connectivity index (χ3n) is 5.41. The van der Waals surface area contributed by atoms with Gasteiger partial charge in [-0.2, -0.15) is 0 Å². The van der Waals surface area contributed by atoms with Crippen molar-refractivity contribution < 1.29 is 4.79 Å². The molecule has 0 aromatic heterocycles. The van der Waals surface area contributed by atoms with Crippen molar-refractivity contribution in [3.63, 3.8) is 0 Å². The van der Waals surface area contributed by atoms with Crippen molar-refractivity contribution in [1.82, 2.24) is 5.32 Å². The maximum Gasteiger partial charge on any atom is 0.233 e. The molecule has 4 aliphatic carbocycles. The topological polar surface area (TPSA) is 55.1 Å². The van der Waals surface area contributed by atoms with Crippen LogP contribution in [0.25, 0.3) is 0 Å². The van der Waals surface area contributed by atoms with Crippen LogP contribution in [0.4, 0.5) is 0 Å². The van der Waals surface area contributed by atoms with Crippen LogP contribution in [0.1, 0.15) is 38.5 Å². The highest BCUT2D eigenvalue weighted by molar-refractivity contribution is 5.77. The fourth-order valence-corrected chi connectivity index (χ4v) is 4.96. The molecule has 0 saturated heterocycles. The van der Waals surface area contributed by atoms with Crippen molar-refractivity contribution in [2.24, 2.45) is 35.3 Å². The Kier molecular flexibility index (Phi) is 3.12. The van der Waals surface area contributed by atoms with E-state index < -0.39 is 0 Å². The number of hydrogen-bond acceptors (Lipinski definition) is 2. The molecule has 0 atom stereocenters. The summed E-state index contributed by atoms with van der Waals surface area (Å²) in [7, 11) is 0. The summed E-state index contributed by atoms with van der Waals surface area (Å²) >= 11 is 0. The summed E-state index contributed by atoms with van der Waals surface area (Å²) in [6.07, 6.45) is 8.60. The molecule has 0 aromatic rings. The second-order valence-electron chi connectivity index (χ2n) is 6.44. The Morgan fingerprint density at radius 3 is 2.18 bits per heavy atom. The van der Waals surface area contributed by atoms with Gasteiger partial charge in [0.1, 0.15) is 0 Å². The molecule has 17 heavy (non-hydrogen) atoms. The second kappa shape index (κ2) is 4.60. The van der Waals surface area contributed by atoms with Gasteiger partial charge < -0.3 is 11.1 Å². The van der Waals surface area contributed by atoms with E-state index in [9.17, 15) is 4.79 Å². The molecule has 0 radical (unpaired) electrons. The van der Waals surface area contributed by atoms with Crippen LogP contribution < -0.4 is 11.1 Å². The van der Waals surface area contributed by atoms with Gasteiger partial charge in [-0.05, 0) is 68.1 Å². The Labute approximate surface area is 104 Å². The molecule has 3 nitrogen and oxygen atoms in total. The van der Waals surface area contributed by atoms with Gasteiger partial charge in [0.05, 0.1) is 6.54 Å². The maximum absolute atomic E-state index is 11.1. The van der Waals surface area contributed by atoms with Gasteiger partial charge in [-0.1, -0.05) is 0 Å². The Hall–Kier alpha value is -0.570. The minimum Gasteiger partial charge on any atom is -0.355 e. The van der Waals surface area contributed by atoms with Crippen LogP contribution >= 0.6 is 0 Å². The average Bonchev–Trinajstić information content (AvgIpc) is 2.31. The van der Waals surface area contributed by atoms with Gasteiger partial charge in [-0.25, -0.2) is 0 Å². The predicted molar refractivity (Wildman–Crippen MR) is 67.2 cm³/mol. The van der Waals surface area contributed by atoms with E-state index in [1.165, 1.54) is 38.5 Å². The van der Waals surface area contributed by atoms with Crippen molar-refractivity contribution in [3.05, 3.63) is 0 Å². The van der Waals surface area contributed by atoms with E-state index in [-0.39, 0.29) is 12.5 Å². The third-order valence-corrected chi connectivity index (χ3v) is 5.41. The Morgan fingerprint density at radius 2 is 1.65 bits per heavy atom. The van der Waals surface area contributed by atoms with Crippen LogP contribution in [0, 0.1) is 29.6 Å². The Morgan fingerprint density at radius 1 is 1.06 bits per heavy atom. The summed E-state index contributed by atoms with van der Waals surface area (Å²) in [6, 6.07) is 0. The summed E-state index contributed by atoms with van der Waals surface area (Å²) in [5.74, 6) is 4.93. The Bertz CT molecular complexity index is 275. The lowest BCUT2D eigenvalue weighted by Gasteiger charge is -2.54. The van der Waals surface area contributed by atoms with Crippen LogP contribution in [0.2, 0.25) is 0 Å². The highest BCUT2D eigenvalue weighted by atomic mass is 16.1. The van der Waals surface area contributed by atoms with Gasteiger partial charge in [0.2, 0.25) is 5.91 Å². The standard InChI is InChI=1S/C14H24N2O/c15-8-14(17)16-2-1-13-11-4-9-3-10(6-11)7-12(13)5-9/h9-13H,1-8,15H2,(H,16,17). The molecule has 0 aromatic carbocycles. The quantitative estimate of drug-likeness (QED) is 0.777. The highest BCUT2D eigenvalue weighted by Gasteiger charge is 2.47. The molecule has 4 rings (SSSR count). The highest BCUT2D eigenvalue weighted by Crippen LogP contribution is 2.57. The second-order valence-corrected chi connectivity index (χ2v) is 6.44. The summed E-state index contributed by atoms with van der Waals surface area (Å²) in [5.41, 5.74) is 5.30. The smallest absolute Gasteiger partial charge is 0.233 e. The van der Waals surface area contributed by atoms with Crippen molar-refractivity contribution in [2.45, 2.75) is 38.5 Å². The molecule has 4 saturated carbocycles. The zero-order valence-corrected chi connectivity index (χ0v) is 10.5. The van der Waals surface area contributed by atoms with Crippen LogP contribution in [0.3, 0.4) is 0 Å². The Balaban J connectivity index is 1.52. The molecule has 4 aliphatic rings.